The van der Waals surface area contributed by atoms with Crippen LogP contribution in [0.1, 0.15) is 37.9 Å². The van der Waals surface area contributed by atoms with Gasteiger partial charge in [0.05, 0.1) is 7.11 Å². The molecule has 2 amide bonds. The molecule has 1 atom stereocenters. The summed E-state index contributed by atoms with van der Waals surface area (Å²) in [5.41, 5.74) is 2.44. The molecule has 0 spiro atoms. The average molecular weight is 366 g/mol. The average Bonchev–Trinajstić information content (AvgIpc) is 2.66. The number of hydrogen-bond donors (Lipinski definition) is 2. The summed E-state index contributed by atoms with van der Waals surface area (Å²) in [6.45, 7) is 5.62. The number of allylic oxidation sites excluding steroid dienone is 1. The number of benzene rings is 2. The van der Waals surface area contributed by atoms with Crippen LogP contribution >= 0.6 is 0 Å². The van der Waals surface area contributed by atoms with Crippen molar-refractivity contribution >= 4 is 17.4 Å². The maximum absolute atomic E-state index is 12.6. The third-order valence-electron chi connectivity index (χ3n) is 4.01. The van der Waals surface area contributed by atoms with Crippen LogP contribution in [0, 0.1) is 0 Å². The van der Waals surface area contributed by atoms with Crippen LogP contribution in [0.2, 0.25) is 0 Å². The van der Waals surface area contributed by atoms with E-state index in [1.54, 1.807) is 7.11 Å². The molecule has 0 aliphatic carbocycles. The number of amides is 2. The highest BCUT2D eigenvalue weighted by molar-refractivity contribution is 5.98. The number of rotatable bonds is 7. The molecule has 0 aliphatic heterocycles. The van der Waals surface area contributed by atoms with E-state index in [2.05, 4.69) is 10.6 Å². The maximum Gasteiger partial charge on any atom is 0.247 e. The van der Waals surface area contributed by atoms with Gasteiger partial charge in [0, 0.05) is 12.1 Å². The minimum Gasteiger partial charge on any atom is -0.497 e. The van der Waals surface area contributed by atoms with Gasteiger partial charge in [0.1, 0.15) is 11.8 Å². The Bertz CT molecular complexity index is 796. The van der Waals surface area contributed by atoms with Crippen molar-refractivity contribution in [3.63, 3.8) is 0 Å². The van der Waals surface area contributed by atoms with E-state index in [-0.39, 0.29) is 17.9 Å². The Morgan fingerprint density at radius 1 is 0.963 bits per heavy atom. The van der Waals surface area contributed by atoms with Crippen molar-refractivity contribution < 1.29 is 14.3 Å². The molecule has 0 bridgehead atoms. The van der Waals surface area contributed by atoms with Crippen LogP contribution in [0.15, 0.2) is 60.7 Å². The Hall–Kier alpha value is -3.08. The van der Waals surface area contributed by atoms with Crippen molar-refractivity contribution in [2.75, 3.05) is 7.11 Å². The van der Waals surface area contributed by atoms with Gasteiger partial charge in [-0.05, 0) is 49.6 Å². The van der Waals surface area contributed by atoms with Gasteiger partial charge >= 0.3 is 0 Å². The molecule has 5 heteroatoms. The smallest absolute Gasteiger partial charge is 0.247 e. The highest BCUT2D eigenvalue weighted by Crippen LogP contribution is 2.19. The second-order valence-corrected chi connectivity index (χ2v) is 6.57. The molecule has 27 heavy (non-hydrogen) atoms. The van der Waals surface area contributed by atoms with Crippen molar-refractivity contribution in [2.24, 2.45) is 0 Å². The highest BCUT2D eigenvalue weighted by Gasteiger charge is 2.22. The summed E-state index contributed by atoms with van der Waals surface area (Å²) in [5.74, 6) is 0.196. The lowest BCUT2D eigenvalue weighted by atomic mass is 10.0. The molecule has 0 unspecified atom stereocenters. The number of methoxy groups -OCH3 is 1. The molecule has 0 fully saturated rings. The number of carbonyl (C=O) groups excluding carboxylic acids is 2. The van der Waals surface area contributed by atoms with Crippen molar-refractivity contribution in [3.05, 3.63) is 71.8 Å². The SMILES string of the molecule is COc1ccc(/C(C)=C/C(=O)N[C@H](C(=O)NC(C)C)c2ccccc2)cc1. The molecule has 0 aromatic heterocycles. The maximum atomic E-state index is 12.6. The molecule has 0 saturated heterocycles. The molecule has 0 heterocycles. The van der Waals surface area contributed by atoms with E-state index in [4.69, 9.17) is 4.74 Å². The third-order valence-corrected chi connectivity index (χ3v) is 4.01. The summed E-state index contributed by atoms with van der Waals surface area (Å²) in [5, 5.41) is 5.67. The second-order valence-electron chi connectivity index (χ2n) is 6.57. The van der Waals surface area contributed by atoms with Crippen LogP contribution in [0.4, 0.5) is 0 Å². The zero-order valence-electron chi connectivity index (χ0n) is 16.2. The molecule has 0 aliphatic rings. The quantitative estimate of drug-likeness (QED) is 0.737. The standard InChI is InChI=1S/C22H26N2O3/c1-15(2)23-22(26)21(18-8-6-5-7-9-18)24-20(25)14-16(3)17-10-12-19(27-4)13-11-17/h5-15,21H,1-4H3,(H,23,26)(H,24,25)/b16-14+/t21-/m0/s1. The van der Waals surface area contributed by atoms with E-state index in [0.717, 1.165) is 22.4 Å². The zero-order valence-corrected chi connectivity index (χ0v) is 16.2. The first-order valence-corrected chi connectivity index (χ1v) is 8.89. The predicted molar refractivity (Wildman–Crippen MR) is 107 cm³/mol. The fourth-order valence-electron chi connectivity index (χ4n) is 2.63. The lowest BCUT2D eigenvalue weighted by molar-refractivity contribution is -0.127. The largest absolute Gasteiger partial charge is 0.497 e. The molecular formula is C22H26N2O3. The fraction of sp³-hybridized carbons (Fsp3) is 0.273. The number of carbonyl (C=O) groups is 2. The van der Waals surface area contributed by atoms with Gasteiger partial charge in [0.2, 0.25) is 11.8 Å². The second kappa shape index (κ2) is 9.57. The monoisotopic (exact) mass is 366 g/mol. The van der Waals surface area contributed by atoms with Crippen LogP contribution in [-0.2, 0) is 9.59 Å². The minimum absolute atomic E-state index is 0.0165. The van der Waals surface area contributed by atoms with Crippen molar-refractivity contribution in [2.45, 2.75) is 32.9 Å². The number of nitrogens with one attached hydrogen (secondary N) is 2. The van der Waals surface area contributed by atoms with Crippen molar-refractivity contribution in [1.29, 1.82) is 0 Å². The fourth-order valence-corrected chi connectivity index (χ4v) is 2.63. The number of hydrogen-bond acceptors (Lipinski definition) is 3. The van der Waals surface area contributed by atoms with Crippen LogP contribution < -0.4 is 15.4 Å². The first-order valence-electron chi connectivity index (χ1n) is 8.89. The third kappa shape index (κ3) is 5.99. The molecule has 0 saturated carbocycles. The lowest BCUT2D eigenvalue weighted by Crippen LogP contribution is -2.42. The van der Waals surface area contributed by atoms with Gasteiger partial charge in [-0.25, -0.2) is 0 Å². The van der Waals surface area contributed by atoms with E-state index in [1.165, 1.54) is 6.08 Å². The zero-order chi connectivity index (χ0) is 19.8. The van der Waals surface area contributed by atoms with Gasteiger partial charge in [0.25, 0.3) is 0 Å². The summed E-state index contributed by atoms with van der Waals surface area (Å²) < 4.78 is 5.15. The summed E-state index contributed by atoms with van der Waals surface area (Å²) in [4.78, 5) is 25.1. The van der Waals surface area contributed by atoms with Gasteiger partial charge in [-0.15, -0.1) is 0 Å². The Morgan fingerprint density at radius 2 is 1.59 bits per heavy atom. The van der Waals surface area contributed by atoms with Crippen molar-refractivity contribution in [1.82, 2.24) is 10.6 Å². The normalized spacial score (nSPS) is 12.4. The van der Waals surface area contributed by atoms with E-state index < -0.39 is 6.04 Å². The highest BCUT2D eigenvalue weighted by atomic mass is 16.5. The Balaban J connectivity index is 2.17. The van der Waals surface area contributed by atoms with Gasteiger partial charge in [-0.1, -0.05) is 42.5 Å². The van der Waals surface area contributed by atoms with Gasteiger partial charge in [0.15, 0.2) is 0 Å². The molecule has 2 aromatic carbocycles. The molecule has 2 aromatic rings. The van der Waals surface area contributed by atoms with E-state index in [1.807, 2.05) is 75.4 Å². The first kappa shape index (κ1) is 20.2. The minimum atomic E-state index is -0.749. The molecule has 2 rings (SSSR count). The van der Waals surface area contributed by atoms with Gasteiger partial charge in [-0.3, -0.25) is 9.59 Å². The van der Waals surface area contributed by atoms with Crippen LogP contribution in [0.5, 0.6) is 5.75 Å². The predicted octanol–water partition coefficient (Wildman–Crippen LogP) is 3.48. The van der Waals surface area contributed by atoms with Gasteiger partial charge < -0.3 is 15.4 Å². The van der Waals surface area contributed by atoms with Crippen LogP contribution in [0.25, 0.3) is 5.57 Å². The van der Waals surface area contributed by atoms with Crippen LogP contribution in [0.3, 0.4) is 0 Å². The Kier molecular flexibility index (Phi) is 7.17. The molecule has 0 radical (unpaired) electrons. The van der Waals surface area contributed by atoms with Crippen LogP contribution in [-0.4, -0.2) is 25.0 Å². The molecular weight excluding hydrogens is 340 g/mol. The van der Waals surface area contributed by atoms with E-state index in [9.17, 15) is 9.59 Å². The van der Waals surface area contributed by atoms with E-state index in [0.29, 0.717) is 0 Å². The lowest BCUT2D eigenvalue weighted by Gasteiger charge is -2.20. The summed E-state index contributed by atoms with van der Waals surface area (Å²) in [7, 11) is 1.61. The molecule has 2 N–H and O–H groups in total. The first-order chi connectivity index (χ1) is 12.9. The van der Waals surface area contributed by atoms with E-state index >= 15 is 0 Å². The Labute approximate surface area is 160 Å². The topological polar surface area (TPSA) is 67.4 Å². The molecule has 5 nitrogen and oxygen atoms in total. The molecule has 142 valence electrons. The van der Waals surface area contributed by atoms with Gasteiger partial charge in [-0.2, -0.15) is 0 Å². The summed E-state index contributed by atoms with van der Waals surface area (Å²) in [6.07, 6.45) is 1.50. The number of ether oxygens (including phenoxy) is 1. The summed E-state index contributed by atoms with van der Waals surface area (Å²) in [6, 6.07) is 15.9. The Morgan fingerprint density at radius 3 is 2.15 bits per heavy atom. The van der Waals surface area contributed by atoms with Crippen molar-refractivity contribution in [3.8, 4) is 5.75 Å². The summed E-state index contributed by atoms with van der Waals surface area (Å²) >= 11 is 0.